The summed E-state index contributed by atoms with van der Waals surface area (Å²) >= 11 is 0. The molecule has 110 valence electrons. The fourth-order valence-electron chi connectivity index (χ4n) is 2.19. The Kier molecular flexibility index (Phi) is 4.93. The number of hydrogen-bond donors (Lipinski definition) is 2. The highest BCUT2D eigenvalue weighted by atomic mass is 19.1. The largest absolute Gasteiger partial charge is 0.488 e. The smallest absolute Gasteiger partial charge is 0.423 e. The van der Waals surface area contributed by atoms with Gasteiger partial charge >= 0.3 is 7.12 Å². The molecule has 0 aromatic heterocycles. The van der Waals surface area contributed by atoms with Crippen LogP contribution in [0.3, 0.4) is 0 Å². The summed E-state index contributed by atoms with van der Waals surface area (Å²) < 4.78 is 26.8. The second kappa shape index (κ2) is 6.69. The highest BCUT2D eigenvalue weighted by Gasteiger charge is 2.14. The summed E-state index contributed by atoms with van der Waals surface area (Å²) in [4.78, 5) is 1.87. The SMILES string of the molecule is CCN(Cc1cc(F)cc(B(O)O)c1)c1cccc(F)c1. The van der Waals surface area contributed by atoms with Crippen molar-refractivity contribution in [2.24, 2.45) is 0 Å². The van der Waals surface area contributed by atoms with E-state index in [2.05, 4.69) is 0 Å². The Labute approximate surface area is 122 Å². The molecule has 2 aromatic rings. The Hall–Kier alpha value is -1.92. The predicted molar refractivity (Wildman–Crippen MR) is 79.3 cm³/mol. The molecule has 0 unspecified atom stereocenters. The van der Waals surface area contributed by atoms with Crippen LogP contribution < -0.4 is 10.4 Å². The first-order valence-corrected chi connectivity index (χ1v) is 6.65. The van der Waals surface area contributed by atoms with Gasteiger partial charge in [0.25, 0.3) is 0 Å². The summed E-state index contributed by atoms with van der Waals surface area (Å²) in [5, 5.41) is 18.3. The number of halogens is 2. The van der Waals surface area contributed by atoms with Gasteiger partial charge < -0.3 is 14.9 Å². The lowest BCUT2D eigenvalue weighted by Crippen LogP contribution is -2.31. The van der Waals surface area contributed by atoms with Crippen molar-refractivity contribution in [3.05, 3.63) is 59.7 Å². The summed E-state index contributed by atoms with van der Waals surface area (Å²) in [6, 6.07) is 10.1. The molecule has 0 fully saturated rings. The van der Waals surface area contributed by atoms with Gasteiger partial charge in [-0.1, -0.05) is 12.1 Å². The zero-order valence-electron chi connectivity index (χ0n) is 11.6. The van der Waals surface area contributed by atoms with E-state index in [1.165, 1.54) is 24.3 Å². The molecule has 2 aromatic carbocycles. The number of hydrogen-bond acceptors (Lipinski definition) is 3. The first-order chi connectivity index (χ1) is 9.99. The van der Waals surface area contributed by atoms with Crippen molar-refractivity contribution in [3.8, 4) is 0 Å². The Balaban J connectivity index is 2.26. The lowest BCUT2D eigenvalue weighted by atomic mass is 9.79. The highest BCUT2D eigenvalue weighted by molar-refractivity contribution is 6.58. The monoisotopic (exact) mass is 291 g/mol. The molecule has 0 spiro atoms. The van der Waals surface area contributed by atoms with Gasteiger partial charge in [0.1, 0.15) is 11.6 Å². The lowest BCUT2D eigenvalue weighted by molar-refractivity contribution is 0.425. The van der Waals surface area contributed by atoms with Gasteiger partial charge in [-0.05, 0) is 48.3 Å². The minimum Gasteiger partial charge on any atom is -0.423 e. The minimum atomic E-state index is -1.72. The topological polar surface area (TPSA) is 43.7 Å². The average Bonchev–Trinajstić information content (AvgIpc) is 2.44. The number of benzene rings is 2. The van der Waals surface area contributed by atoms with Crippen molar-refractivity contribution in [2.45, 2.75) is 13.5 Å². The molecule has 0 amide bonds. The quantitative estimate of drug-likeness (QED) is 0.824. The van der Waals surface area contributed by atoms with Crippen LogP contribution in [0.5, 0.6) is 0 Å². The van der Waals surface area contributed by atoms with Gasteiger partial charge in [-0.15, -0.1) is 0 Å². The van der Waals surface area contributed by atoms with E-state index in [0.29, 0.717) is 24.3 Å². The Bertz CT molecular complexity index is 622. The van der Waals surface area contributed by atoms with Gasteiger partial charge in [-0.25, -0.2) is 8.78 Å². The molecule has 0 heterocycles. The molecule has 0 aliphatic rings. The summed E-state index contributed by atoms with van der Waals surface area (Å²) in [5.41, 5.74) is 1.37. The van der Waals surface area contributed by atoms with Crippen molar-refractivity contribution in [1.29, 1.82) is 0 Å². The molecular formula is C15H16BF2NO2. The third-order valence-corrected chi connectivity index (χ3v) is 3.21. The van der Waals surface area contributed by atoms with Gasteiger partial charge in [-0.2, -0.15) is 0 Å². The fraction of sp³-hybridized carbons (Fsp3) is 0.200. The van der Waals surface area contributed by atoms with Crippen LogP contribution in [0.1, 0.15) is 12.5 Å². The van der Waals surface area contributed by atoms with Crippen LogP contribution in [0.2, 0.25) is 0 Å². The molecule has 21 heavy (non-hydrogen) atoms. The maximum Gasteiger partial charge on any atom is 0.488 e. The minimum absolute atomic E-state index is 0.0975. The molecule has 0 aliphatic heterocycles. The molecule has 2 rings (SSSR count). The first-order valence-electron chi connectivity index (χ1n) is 6.65. The Morgan fingerprint density at radius 3 is 2.43 bits per heavy atom. The van der Waals surface area contributed by atoms with E-state index in [4.69, 9.17) is 10.0 Å². The molecule has 3 nitrogen and oxygen atoms in total. The first kappa shape index (κ1) is 15.5. The molecule has 0 bridgehead atoms. The second-order valence-corrected chi connectivity index (χ2v) is 4.76. The van der Waals surface area contributed by atoms with Crippen LogP contribution in [0.4, 0.5) is 14.5 Å². The third kappa shape index (κ3) is 4.03. The van der Waals surface area contributed by atoms with Crippen molar-refractivity contribution >= 4 is 18.3 Å². The van der Waals surface area contributed by atoms with Gasteiger partial charge in [0, 0.05) is 18.8 Å². The van der Waals surface area contributed by atoms with Crippen molar-refractivity contribution in [1.82, 2.24) is 0 Å². The number of anilines is 1. The molecule has 6 heteroatoms. The predicted octanol–water partition coefficient (Wildman–Crippen LogP) is 1.67. The fourth-order valence-corrected chi connectivity index (χ4v) is 2.19. The summed E-state index contributed by atoms with van der Waals surface area (Å²) in [7, 11) is -1.72. The zero-order valence-corrected chi connectivity index (χ0v) is 11.6. The van der Waals surface area contributed by atoms with Crippen molar-refractivity contribution in [2.75, 3.05) is 11.4 Å². The Morgan fingerprint density at radius 2 is 1.81 bits per heavy atom. The molecule has 2 N–H and O–H groups in total. The summed E-state index contributed by atoms with van der Waals surface area (Å²) in [5.74, 6) is -0.873. The van der Waals surface area contributed by atoms with Crippen LogP contribution >= 0.6 is 0 Å². The summed E-state index contributed by atoms with van der Waals surface area (Å²) in [6.45, 7) is 2.86. The van der Waals surface area contributed by atoms with E-state index >= 15 is 0 Å². The highest BCUT2D eigenvalue weighted by Crippen LogP contribution is 2.18. The van der Waals surface area contributed by atoms with Crippen molar-refractivity contribution < 1.29 is 18.8 Å². The van der Waals surface area contributed by atoms with E-state index in [0.717, 1.165) is 6.07 Å². The van der Waals surface area contributed by atoms with E-state index in [1.54, 1.807) is 12.1 Å². The molecule has 0 radical (unpaired) electrons. The van der Waals surface area contributed by atoms with E-state index in [-0.39, 0.29) is 11.3 Å². The van der Waals surface area contributed by atoms with Crippen LogP contribution in [0, 0.1) is 11.6 Å². The second-order valence-electron chi connectivity index (χ2n) is 4.76. The molecule has 0 aliphatic carbocycles. The molecule has 0 saturated heterocycles. The third-order valence-electron chi connectivity index (χ3n) is 3.21. The molecule has 0 atom stereocenters. The van der Waals surface area contributed by atoms with E-state index < -0.39 is 12.9 Å². The summed E-state index contributed by atoms with van der Waals surface area (Å²) in [6.07, 6.45) is 0. The number of nitrogens with zero attached hydrogens (tertiary/aromatic N) is 1. The number of rotatable bonds is 5. The van der Waals surface area contributed by atoms with Crippen molar-refractivity contribution in [3.63, 3.8) is 0 Å². The van der Waals surface area contributed by atoms with Crippen LogP contribution in [0.25, 0.3) is 0 Å². The van der Waals surface area contributed by atoms with Gasteiger partial charge in [0.2, 0.25) is 0 Å². The van der Waals surface area contributed by atoms with Crippen LogP contribution in [0.15, 0.2) is 42.5 Å². The van der Waals surface area contributed by atoms with E-state index in [9.17, 15) is 8.78 Å². The molecular weight excluding hydrogens is 275 g/mol. The standard InChI is InChI=1S/C15H16BF2NO2/c1-2-19(15-5-3-4-13(17)9-15)10-11-6-12(16(20)21)8-14(18)7-11/h3-9,20-21H,2,10H2,1H3. The maximum atomic E-state index is 13.5. The zero-order chi connectivity index (χ0) is 15.4. The lowest BCUT2D eigenvalue weighted by Gasteiger charge is -2.23. The average molecular weight is 291 g/mol. The normalized spacial score (nSPS) is 10.5. The van der Waals surface area contributed by atoms with E-state index in [1.807, 2.05) is 11.8 Å². The van der Waals surface area contributed by atoms with Gasteiger partial charge in [0.15, 0.2) is 0 Å². The van der Waals surface area contributed by atoms with Crippen LogP contribution in [-0.2, 0) is 6.54 Å². The van der Waals surface area contributed by atoms with Gasteiger partial charge in [0.05, 0.1) is 0 Å². The Morgan fingerprint density at radius 1 is 1.05 bits per heavy atom. The van der Waals surface area contributed by atoms with Gasteiger partial charge in [-0.3, -0.25) is 0 Å². The molecule has 0 saturated carbocycles. The maximum absolute atomic E-state index is 13.5. The van der Waals surface area contributed by atoms with Crippen LogP contribution in [-0.4, -0.2) is 23.7 Å².